The Morgan fingerprint density at radius 3 is 2.13 bits per heavy atom. The summed E-state index contributed by atoms with van der Waals surface area (Å²) >= 11 is 0. The maximum absolute atomic E-state index is 12.4. The molecule has 1 aromatic carbocycles. The van der Waals surface area contributed by atoms with Crippen molar-refractivity contribution >= 4 is 12.0 Å². The molecule has 0 saturated carbocycles. The molecule has 3 saturated heterocycles. The highest BCUT2D eigenvalue weighted by molar-refractivity contribution is 5.87. The van der Waals surface area contributed by atoms with E-state index in [0.717, 1.165) is 6.08 Å². The second-order valence-corrected chi connectivity index (χ2v) is 11.5. The number of hydrogen-bond acceptors (Lipinski definition) is 18. The predicted octanol–water partition coefficient (Wildman–Crippen LogP) is -4.69. The number of ether oxygens (including phenoxy) is 6. The summed E-state index contributed by atoms with van der Waals surface area (Å²) in [4.78, 5) is 12.4. The van der Waals surface area contributed by atoms with Gasteiger partial charge in [0.15, 0.2) is 6.29 Å². The van der Waals surface area contributed by atoms with Gasteiger partial charge in [-0.3, -0.25) is 0 Å². The van der Waals surface area contributed by atoms with Gasteiger partial charge in [-0.05, 0) is 30.2 Å². The lowest BCUT2D eigenvalue weighted by Gasteiger charge is -2.44. The zero-order valence-corrected chi connectivity index (χ0v) is 25.3. The highest BCUT2D eigenvalue weighted by Gasteiger charge is 2.62. The van der Waals surface area contributed by atoms with E-state index in [1.807, 2.05) is 0 Å². The summed E-state index contributed by atoms with van der Waals surface area (Å²) in [7, 11) is 0. The maximum atomic E-state index is 12.4. The van der Waals surface area contributed by atoms with E-state index in [4.69, 9.17) is 28.4 Å². The molecule has 0 amide bonds. The highest BCUT2D eigenvalue weighted by atomic mass is 16.8. The molecule has 4 rings (SSSR count). The third-order valence-electron chi connectivity index (χ3n) is 8.39. The number of benzene rings is 1. The van der Waals surface area contributed by atoms with Gasteiger partial charge in [-0.15, -0.1) is 0 Å². The van der Waals surface area contributed by atoms with E-state index >= 15 is 0 Å². The Bertz CT molecular complexity index is 1230. The number of aromatic hydroxyl groups is 1. The minimum atomic E-state index is -2.54. The summed E-state index contributed by atoms with van der Waals surface area (Å²) in [6.45, 7) is -2.30. The monoisotopic (exact) mass is 678 g/mol. The first kappa shape index (κ1) is 37.4. The largest absolute Gasteiger partial charge is 0.508 e. The maximum Gasteiger partial charge on any atom is 0.330 e. The van der Waals surface area contributed by atoms with Crippen LogP contribution in [0.3, 0.4) is 0 Å². The number of esters is 1. The van der Waals surface area contributed by atoms with Gasteiger partial charge in [0.25, 0.3) is 0 Å². The van der Waals surface area contributed by atoms with Crippen LogP contribution in [-0.4, -0.2) is 167 Å². The molecule has 18 heteroatoms. The summed E-state index contributed by atoms with van der Waals surface area (Å²) < 4.78 is 33.2. The molecule has 0 radical (unpaired) electrons. The van der Waals surface area contributed by atoms with Crippen molar-refractivity contribution < 1.29 is 89.4 Å². The van der Waals surface area contributed by atoms with Crippen molar-refractivity contribution in [3.63, 3.8) is 0 Å². The fourth-order valence-electron chi connectivity index (χ4n) is 5.52. The Hall–Kier alpha value is -2.37. The zero-order valence-electron chi connectivity index (χ0n) is 25.3. The van der Waals surface area contributed by atoms with Crippen molar-refractivity contribution in [1.29, 1.82) is 0 Å². The first-order valence-electron chi connectivity index (χ1n) is 14.8. The molecule has 266 valence electrons. The van der Waals surface area contributed by atoms with Gasteiger partial charge in [-0.2, -0.15) is 0 Å². The molecule has 3 fully saturated rings. The highest BCUT2D eigenvalue weighted by Crippen LogP contribution is 2.40. The zero-order chi connectivity index (χ0) is 34.7. The summed E-state index contributed by atoms with van der Waals surface area (Å²) in [6.07, 6.45) is -16.4. The van der Waals surface area contributed by atoms with Crippen molar-refractivity contribution in [2.24, 2.45) is 0 Å². The summed E-state index contributed by atoms with van der Waals surface area (Å²) in [5.41, 5.74) is 0.658. The molecule has 0 spiro atoms. The van der Waals surface area contributed by atoms with E-state index in [1.54, 1.807) is 6.92 Å². The van der Waals surface area contributed by atoms with Crippen LogP contribution >= 0.6 is 0 Å². The molecular weight excluding hydrogens is 636 g/mol. The van der Waals surface area contributed by atoms with Crippen LogP contribution in [0, 0.1) is 0 Å². The van der Waals surface area contributed by atoms with E-state index in [9.17, 15) is 61.0 Å². The van der Waals surface area contributed by atoms with Crippen molar-refractivity contribution in [2.75, 3.05) is 26.4 Å². The van der Waals surface area contributed by atoms with Crippen LogP contribution < -0.4 is 0 Å². The number of aliphatic hydroxyl groups excluding tert-OH is 10. The normalized spacial score (nSPS) is 40.7. The van der Waals surface area contributed by atoms with Crippen LogP contribution in [0.25, 0.3) is 6.08 Å². The van der Waals surface area contributed by atoms with Crippen molar-refractivity contribution in [3.8, 4) is 5.75 Å². The minimum Gasteiger partial charge on any atom is -0.508 e. The SMILES string of the molecule is CCC1OC(CO)(OCC2(OC3OC(COC(=O)/C=C/c4ccc(O)c(CO)c4)C(O)C(O)C3O)OC(CO)C(O)C2O)C(O)C1O. The van der Waals surface area contributed by atoms with E-state index in [1.165, 1.54) is 24.3 Å². The van der Waals surface area contributed by atoms with Gasteiger partial charge in [0.05, 0.1) is 19.3 Å². The second-order valence-electron chi connectivity index (χ2n) is 11.5. The lowest BCUT2D eigenvalue weighted by atomic mass is 9.98. The summed E-state index contributed by atoms with van der Waals surface area (Å²) in [5, 5.41) is 113. The molecule has 47 heavy (non-hydrogen) atoms. The van der Waals surface area contributed by atoms with Gasteiger partial charge in [-0.25, -0.2) is 4.79 Å². The first-order chi connectivity index (χ1) is 22.3. The smallest absolute Gasteiger partial charge is 0.330 e. The van der Waals surface area contributed by atoms with Gasteiger partial charge in [0.1, 0.15) is 80.5 Å². The van der Waals surface area contributed by atoms with Crippen molar-refractivity contribution in [2.45, 2.75) is 98.9 Å². The fourth-order valence-corrected chi connectivity index (χ4v) is 5.52. The Labute approximate surface area is 268 Å². The van der Waals surface area contributed by atoms with Crippen LogP contribution in [0.4, 0.5) is 0 Å². The Morgan fingerprint density at radius 2 is 1.53 bits per heavy atom. The quantitative estimate of drug-likeness (QED) is 0.0690. The first-order valence-corrected chi connectivity index (χ1v) is 14.8. The Morgan fingerprint density at radius 1 is 0.872 bits per heavy atom. The molecule has 13 unspecified atom stereocenters. The Kier molecular flexibility index (Phi) is 12.3. The molecule has 3 aliphatic heterocycles. The van der Waals surface area contributed by atoms with Crippen LogP contribution in [-0.2, 0) is 39.8 Å². The van der Waals surface area contributed by atoms with E-state index in [-0.39, 0.29) is 17.7 Å². The molecule has 1 aromatic rings. The van der Waals surface area contributed by atoms with Gasteiger partial charge < -0.3 is 84.6 Å². The third kappa shape index (κ3) is 7.62. The molecule has 0 aromatic heterocycles. The van der Waals surface area contributed by atoms with Crippen LogP contribution in [0.1, 0.15) is 24.5 Å². The standard InChI is InChI=1S/C29H42O18/c1-2-16-21(36)25(40)28(11-32,45-16)43-12-29(26(41)22(37)17(9-31)46-29)47-27-24(39)23(38)20(35)18(44-27)10-42-19(34)6-4-13-3-5-15(33)14(7-13)8-30/h3-7,16-18,20-27,30-33,35-41H,2,8-12H2,1H3/b6-4+. The second kappa shape index (κ2) is 15.5. The number of carbonyl (C=O) groups excluding carboxylic acids is 1. The number of carbonyl (C=O) groups is 1. The van der Waals surface area contributed by atoms with E-state index in [2.05, 4.69) is 0 Å². The lowest BCUT2D eigenvalue weighted by Crippen LogP contribution is -2.63. The number of phenols is 1. The van der Waals surface area contributed by atoms with Crippen molar-refractivity contribution in [3.05, 3.63) is 35.4 Å². The molecule has 3 aliphatic rings. The van der Waals surface area contributed by atoms with Gasteiger partial charge in [0.2, 0.25) is 11.6 Å². The average molecular weight is 679 g/mol. The third-order valence-corrected chi connectivity index (χ3v) is 8.39. The topological polar surface area (TPSA) is 295 Å². The lowest BCUT2D eigenvalue weighted by molar-refractivity contribution is -0.399. The number of aliphatic hydroxyl groups is 10. The van der Waals surface area contributed by atoms with Crippen LogP contribution in [0.5, 0.6) is 5.75 Å². The molecular formula is C29H42O18. The molecule has 3 heterocycles. The number of hydrogen-bond donors (Lipinski definition) is 11. The van der Waals surface area contributed by atoms with Gasteiger partial charge in [0, 0.05) is 11.6 Å². The molecule has 18 nitrogen and oxygen atoms in total. The molecule has 11 N–H and O–H groups in total. The minimum absolute atomic E-state index is 0.139. The average Bonchev–Trinajstić information content (AvgIpc) is 3.46. The molecule has 13 atom stereocenters. The van der Waals surface area contributed by atoms with Crippen molar-refractivity contribution in [1.82, 2.24) is 0 Å². The van der Waals surface area contributed by atoms with E-state index < -0.39 is 118 Å². The van der Waals surface area contributed by atoms with E-state index in [0.29, 0.717) is 5.56 Å². The number of rotatable bonds is 13. The summed E-state index contributed by atoms with van der Waals surface area (Å²) in [6, 6.07) is 4.21. The Balaban J connectivity index is 1.49. The predicted molar refractivity (Wildman–Crippen MR) is 151 cm³/mol. The molecule has 0 aliphatic carbocycles. The van der Waals surface area contributed by atoms with Gasteiger partial charge >= 0.3 is 5.97 Å². The van der Waals surface area contributed by atoms with Gasteiger partial charge in [-0.1, -0.05) is 13.0 Å². The van der Waals surface area contributed by atoms with Crippen LogP contribution in [0.2, 0.25) is 0 Å². The fraction of sp³-hybridized carbons (Fsp3) is 0.690. The van der Waals surface area contributed by atoms with Crippen LogP contribution in [0.15, 0.2) is 24.3 Å². The molecule has 0 bridgehead atoms. The summed E-state index contributed by atoms with van der Waals surface area (Å²) in [5.74, 6) is -5.86.